The Labute approximate surface area is 129 Å². The smallest absolute Gasteiger partial charge is 0.331 e. The summed E-state index contributed by atoms with van der Waals surface area (Å²) in [5.41, 5.74) is -0.0819. The SMILES string of the molecule is CCNCc1csc(Nc2ccc(Cl)cc2C(F)(F)F)n1. The average molecular weight is 336 g/mol. The predicted molar refractivity (Wildman–Crippen MR) is 79.2 cm³/mol. The monoisotopic (exact) mass is 335 g/mol. The molecule has 1 aromatic heterocycles. The quantitative estimate of drug-likeness (QED) is 0.833. The van der Waals surface area contributed by atoms with Crippen molar-refractivity contribution in [2.75, 3.05) is 11.9 Å². The predicted octanol–water partition coefficient (Wildman–Crippen LogP) is 4.67. The standard InChI is InChI=1S/C13H13ClF3N3S/c1-2-18-6-9-7-21-12(19-9)20-11-4-3-8(14)5-10(11)13(15,16)17/h3-5,7,18H,2,6H2,1H3,(H,19,20). The van der Waals surface area contributed by atoms with Crippen molar-refractivity contribution in [3.63, 3.8) is 0 Å². The molecule has 0 spiro atoms. The van der Waals surface area contributed by atoms with Crippen molar-refractivity contribution in [3.8, 4) is 0 Å². The van der Waals surface area contributed by atoms with Crippen LogP contribution >= 0.6 is 22.9 Å². The van der Waals surface area contributed by atoms with E-state index in [1.807, 2.05) is 6.92 Å². The molecule has 0 saturated carbocycles. The third-order valence-corrected chi connectivity index (χ3v) is 3.68. The Balaban J connectivity index is 2.21. The summed E-state index contributed by atoms with van der Waals surface area (Å²) < 4.78 is 38.9. The summed E-state index contributed by atoms with van der Waals surface area (Å²) in [6.45, 7) is 3.35. The summed E-state index contributed by atoms with van der Waals surface area (Å²) >= 11 is 6.89. The molecule has 1 aromatic carbocycles. The summed E-state index contributed by atoms with van der Waals surface area (Å²) in [7, 11) is 0. The lowest BCUT2D eigenvalue weighted by molar-refractivity contribution is -0.136. The molecule has 0 fully saturated rings. The second-order valence-electron chi connectivity index (χ2n) is 4.24. The highest BCUT2D eigenvalue weighted by atomic mass is 35.5. The van der Waals surface area contributed by atoms with Gasteiger partial charge in [-0.1, -0.05) is 18.5 Å². The van der Waals surface area contributed by atoms with Gasteiger partial charge in [0.05, 0.1) is 16.9 Å². The molecule has 2 N–H and O–H groups in total. The third kappa shape index (κ3) is 4.33. The molecule has 0 aliphatic rings. The Bertz CT molecular complexity index is 613. The molecule has 2 rings (SSSR count). The number of aromatic nitrogens is 1. The molecular formula is C13H13ClF3N3S. The first kappa shape index (κ1) is 16.1. The topological polar surface area (TPSA) is 37.0 Å². The van der Waals surface area contributed by atoms with Gasteiger partial charge in [0.15, 0.2) is 5.13 Å². The van der Waals surface area contributed by atoms with E-state index in [1.165, 1.54) is 23.5 Å². The first-order valence-electron chi connectivity index (χ1n) is 6.19. The number of anilines is 2. The Morgan fingerprint density at radius 3 is 2.76 bits per heavy atom. The van der Waals surface area contributed by atoms with Crippen molar-refractivity contribution < 1.29 is 13.2 Å². The number of hydrogen-bond acceptors (Lipinski definition) is 4. The van der Waals surface area contributed by atoms with Gasteiger partial charge >= 0.3 is 6.18 Å². The molecule has 0 radical (unpaired) electrons. The summed E-state index contributed by atoms with van der Waals surface area (Å²) in [5.74, 6) is 0. The van der Waals surface area contributed by atoms with Gasteiger partial charge in [0, 0.05) is 16.9 Å². The average Bonchev–Trinajstić information content (AvgIpc) is 2.85. The second-order valence-corrected chi connectivity index (χ2v) is 5.53. The van der Waals surface area contributed by atoms with Crippen molar-refractivity contribution >= 4 is 33.8 Å². The van der Waals surface area contributed by atoms with Crippen LogP contribution < -0.4 is 10.6 Å². The second kappa shape index (κ2) is 6.64. The zero-order valence-electron chi connectivity index (χ0n) is 11.1. The lowest BCUT2D eigenvalue weighted by Gasteiger charge is -2.13. The number of hydrogen-bond donors (Lipinski definition) is 2. The molecule has 0 bridgehead atoms. The van der Waals surface area contributed by atoms with Gasteiger partial charge in [0.2, 0.25) is 0 Å². The van der Waals surface area contributed by atoms with Crippen molar-refractivity contribution in [3.05, 3.63) is 39.9 Å². The molecule has 0 amide bonds. The minimum Gasteiger partial charge on any atom is -0.331 e. The summed E-state index contributed by atoms with van der Waals surface area (Å²) in [4.78, 5) is 4.23. The molecule has 3 nitrogen and oxygen atoms in total. The third-order valence-electron chi connectivity index (χ3n) is 2.64. The number of rotatable bonds is 5. The van der Waals surface area contributed by atoms with E-state index < -0.39 is 11.7 Å². The highest BCUT2D eigenvalue weighted by Crippen LogP contribution is 2.38. The van der Waals surface area contributed by atoms with Crippen LogP contribution in [0, 0.1) is 0 Å². The van der Waals surface area contributed by atoms with Crippen LogP contribution in [0.2, 0.25) is 5.02 Å². The van der Waals surface area contributed by atoms with Gasteiger partial charge in [0.25, 0.3) is 0 Å². The number of alkyl halides is 3. The van der Waals surface area contributed by atoms with E-state index in [4.69, 9.17) is 11.6 Å². The molecule has 0 atom stereocenters. The number of benzene rings is 1. The van der Waals surface area contributed by atoms with E-state index in [-0.39, 0.29) is 10.7 Å². The zero-order chi connectivity index (χ0) is 15.5. The number of thiazole rings is 1. The molecule has 0 aliphatic carbocycles. The Morgan fingerprint density at radius 1 is 1.33 bits per heavy atom. The fourth-order valence-corrected chi connectivity index (χ4v) is 2.57. The normalized spacial score (nSPS) is 11.7. The van der Waals surface area contributed by atoms with Gasteiger partial charge in [-0.25, -0.2) is 4.98 Å². The molecule has 0 saturated heterocycles. The van der Waals surface area contributed by atoms with Crippen LogP contribution in [0.4, 0.5) is 24.0 Å². The van der Waals surface area contributed by atoms with Gasteiger partial charge in [-0.15, -0.1) is 11.3 Å². The number of nitrogens with zero attached hydrogens (tertiary/aromatic N) is 1. The maximum Gasteiger partial charge on any atom is 0.418 e. The number of nitrogens with one attached hydrogen (secondary N) is 2. The first-order chi connectivity index (χ1) is 9.90. The van der Waals surface area contributed by atoms with Crippen LogP contribution in [0.5, 0.6) is 0 Å². The zero-order valence-corrected chi connectivity index (χ0v) is 12.7. The lowest BCUT2D eigenvalue weighted by atomic mass is 10.1. The van der Waals surface area contributed by atoms with Crippen LogP contribution in [-0.4, -0.2) is 11.5 Å². The highest BCUT2D eigenvalue weighted by molar-refractivity contribution is 7.13. The molecule has 0 aliphatic heterocycles. The van der Waals surface area contributed by atoms with Crippen molar-refractivity contribution in [1.29, 1.82) is 0 Å². The van der Waals surface area contributed by atoms with Gasteiger partial charge < -0.3 is 10.6 Å². The Kier molecular flexibility index (Phi) is 5.08. The van der Waals surface area contributed by atoms with Gasteiger partial charge in [-0.2, -0.15) is 13.2 Å². The fourth-order valence-electron chi connectivity index (χ4n) is 1.67. The van der Waals surface area contributed by atoms with Crippen molar-refractivity contribution in [1.82, 2.24) is 10.3 Å². The molecule has 8 heteroatoms. The molecular weight excluding hydrogens is 323 g/mol. The molecule has 114 valence electrons. The first-order valence-corrected chi connectivity index (χ1v) is 7.45. The van der Waals surface area contributed by atoms with Gasteiger partial charge in [-0.3, -0.25) is 0 Å². The Hall–Kier alpha value is -1.31. The molecule has 21 heavy (non-hydrogen) atoms. The fraction of sp³-hybridized carbons (Fsp3) is 0.308. The van der Waals surface area contributed by atoms with Gasteiger partial charge in [0.1, 0.15) is 0 Å². The van der Waals surface area contributed by atoms with E-state index in [2.05, 4.69) is 15.6 Å². The maximum atomic E-state index is 13.0. The number of halogens is 4. The van der Waals surface area contributed by atoms with E-state index in [1.54, 1.807) is 5.38 Å². The van der Waals surface area contributed by atoms with Crippen LogP contribution in [0.3, 0.4) is 0 Å². The largest absolute Gasteiger partial charge is 0.418 e. The van der Waals surface area contributed by atoms with E-state index >= 15 is 0 Å². The maximum absolute atomic E-state index is 13.0. The Morgan fingerprint density at radius 2 is 2.10 bits per heavy atom. The molecule has 0 unspecified atom stereocenters. The van der Waals surface area contributed by atoms with Crippen LogP contribution in [-0.2, 0) is 12.7 Å². The van der Waals surface area contributed by atoms with E-state index in [0.29, 0.717) is 11.7 Å². The molecule has 2 aromatic rings. The van der Waals surface area contributed by atoms with Gasteiger partial charge in [-0.05, 0) is 24.7 Å². The van der Waals surface area contributed by atoms with Crippen LogP contribution in [0.25, 0.3) is 0 Å². The minimum atomic E-state index is -4.48. The van der Waals surface area contributed by atoms with Crippen molar-refractivity contribution in [2.45, 2.75) is 19.6 Å². The van der Waals surface area contributed by atoms with Crippen LogP contribution in [0.15, 0.2) is 23.6 Å². The van der Waals surface area contributed by atoms with Crippen molar-refractivity contribution in [2.24, 2.45) is 0 Å². The highest BCUT2D eigenvalue weighted by Gasteiger charge is 2.34. The lowest BCUT2D eigenvalue weighted by Crippen LogP contribution is -2.12. The summed E-state index contributed by atoms with van der Waals surface area (Å²) in [6, 6.07) is 3.61. The van der Waals surface area contributed by atoms with Crippen LogP contribution in [0.1, 0.15) is 18.2 Å². The minimum absolute atomic E-state index is 0.0415. The summed E-state index contributed by atoms with van der Waals surface area (Å²) in [5, 5.41) is 8.06. The van der Waals surface area contributed by atoms with E-state index in [0.717, 1.165) is 18.3 Å². The van der Waals surface area contributed by atoms with E-state index in [9.17, 15) is 13.2 Å². The molecule has 1 heterocycles. The summed E-state index contributed by atoms with van der Waals surface area (Å²) in [6.07, 6.45) is -4.48.